The number of sulfonamides is 1. The highest BCUT2D eigenvalue weighted by Crippen LogP contribution is 2.21. The predicted octanol–water partition coefficient (Wildman–Crippen LogP) is 1.98. The number of rotatable bonds is 12. The van der Waals surface area contributed by atoms with E-state index < -0.39 is 10.0 Å². The van der Waals surface area contributed by atoms with Crippen LogP contribution in [-0.2, 0) is 24.3 Å². The molecule has 0 spiro atoms. The number of benzene rings is 1. The van der Waals surface area contributed by atoms with Crippen LogP contribution in [0.25, 0.3) is 0 Å². The van der Waals surface area contributed by atoms with E-state index in [1.165, 1.54) is 12.1 Å². The van der Waals surface area contributed by atoms with Crippen LogP contribution in [0.15, 0.2) is 29.2 Å². The van der Waals surface area contributed by atoms with Crippen molar-refractivity contribution in [3.05, 3.63) is 24.3 Å². The summed E-state index contributed by atoms with van der Waals surface area (Å²) in [5, 5.41) is 2.78. The van der Waals surface area contributed by atoms with Crippen molar-refractivity contribution in [2.24, 2.45) is 5.92 Å². The molecule has 8 nitrogen and oxygen atoms in total. The third-order valence-electron chi connectivity index (χ3n) is 4.76. The molecule has 9 heteroatoms. The number of carbonyl (C=O) groups excluding carboxylic acids is 2. The lowest BCUT2D eigenvalue weighted by atomic mass is 10.1. The number of likely N-dealkylation sites (tertiary alicyclic amines) is 1. The van der Waals surface area contributed by atoms with Gasteiger partial charge in [-0.15, -0.1) is 0 Å². The third-order valence-corrected chi connectivity index (χ3v) is 6.24. The molecular weight excluding hydrogens is 394 g/mol. The second kappa shape index (κ2) is 11.3. The Hall–Kier alpha value is -1.97. The topological polar surface area (TPSA) is 105 Å². The summed E-state index contributed by atoms with van der Waals surface area (Å²) in [7, 11) is -3.60. The Bertz CT molecular complexity index is 780. The molecule has 1 fully saturated rings. The smallest absolute Gasteiger partial charge is 0.240 e. The number of carbonyl (C=O) groups is 2. The minimum atomic E-state index is -3.60. The van der Waals surface area contributed by atoms with E-state index in [1.54, 1.807) is 17.0 Å². The molecule has 0 aliphatic carbocycles. The van der Waals surface area contributed by atoms with Gasteiger partial charge in [0.2, 0.25) is 21.8 Å². The summed E-state index contributed by atoms with van der Waals surface area (Å²) in [5.74, 6) is -0.591. The zero-order chi connectivity index (χ0) is 21.3. The van der Waals surface area contributed by atoms with Crippen LogP contribution in [0.5, 0.6) is 0 Å². The van der Waals surface area contributed by atoms with Gasteiger partial charge in [-0.3, -0.25) is 9.59 Å². The lowest BCUT2D eigenvalue weighted by Gasteiger charge is -2.16. The van der Waals surface area contributed by atoms with Crippen LogP contribution in [0.4, 0.5) is 5.69 Å². The standard InChI is InChI=1S/C20H31N3O5S/c1-3-5-12-23-15-16(14-19(23)24)20(25)22-17-7-9-18(10-8-17)29(26,27)21-11-6-13-28-4-2/h7-10,16,21H,3-6,11-15H2,1-2H3,(H,22,25)/t16-/m0/s1. The number of anilines is 1. The van der Waals surface area contributed by atoms with Crippen LogP contribution in [0, 0.1) is 5.92 Å². The van der Waals surface area contributed by atoms with Gasteiger partial charge in [0, 0.05) is 45.0 Å². The normalized spacial score (nSPS) is 17.0. The molecule has 2 rings (SSSR count). The Kier molecular flexibility index (Phi) is 9.06. The van der Waals surface area contributed by atoms with Crippen LogP contribution in [0.3, 0.4) is 0 Å². The predicted molar refractivity (Wildman–Crippen MR) is 111 cm³/mol. The number of nitrogens with one attached hydrogen (secondary N) is 2. The number of nitrogens with zero attached hydrogens (tertiary/aromatic N) is 1. The SMILES string of the molecule is CCCCN1C[C@@H](C(=O)Nc2ccc(S(=O)(=O)NCCCOCC)cc2)CC1=O. The minimum absolute atomic E-state index is 0.00968. The molecule has 162 valence electrons. The van der Waals surface area contributed by atoms with Crippen molar-refractivity contribution in [2.75, 3.05) is 38.2 Å². The molecule has 0 radical (unpaired) electrons. The van der Waals surface area contributed by atoms with Gasteiger partial charge in [0.15, 0.2) is 0 Å². The molecule has 2 N–H and O–H groups in total. The second-order valence-electron chi connectivity index (χ2n) is 7.06. The molecule has 0 saturated carbocycles. The average Bonchev–Trinajstić information content (AvgIpc) is 3.07. The van der Waals surface area contributed by atoms with Crippen LogP contribution >= 0.6 is 0 Å². The maximum Gasteiger partial charge on any atom is 0.240 e. The van der Waals surface area contributed by atoms with Gasteiger partial charge < -0.3 is 15.0 Å². The van der Waals surface area contributed by atoms with Gasteiger partial charge in [0.1, 0.15) is 0 Å². The molecule has 0 aromatic heterocycles. The molecule has 1 saturated heterocycles. The van der Waals surface area contributed by atoms with Crippen LogP contribution < -0.4 is 10.0 Å². The zero-order valence-electron chi connectivity index (χ0n) is 17.1. The fourth-order valence-corrected chi connectivity index (χ4v) is 4.16. The van der Waals surface area contributed by atoms with Crippen molar-refractivity contribution in [3.63, 3.8) is 0 Å². The molecular formula is C20H31N3O5S. The molecule has 1 heterocycles. The number of unbranched alkanes of at least 4 members (excludes halogenated alkanes) is 1. The summed E-state index contributed by atoms with van der Waals surface area (Å²) in [6.07, 6.45) is 2.73. The van der Waals surface area contributed by atoms with Crippen LogP contribution in [0.2, 0.25) is 0 Å². The van der Waals surface area contributed by atoms with Gasteiger partial charge >= 0.3 is 0 Å². The Morgan fingerprint density at radius 2 is 1.93 bits per heavy atom. The molecule has 2 amide bonds. The summed E-state index contributed by atoms with van der Waals surface area (Å²) >= 11 is 0. The first-order chi connectivity index (χ1) is 13.9. The fraction of sp³-hybridized carbons (Fsp3) is 0.600. The van der Waals surface area contributed by atoms with E-state index in [-0.39, 0.29) is 29.0 Å². The van der Waals surface area contributed by atoms with E-state index in [1.807, 2.05) is 6.92 Å². The monoisotopic (exact) mass is 425 g/mol. The largest absolute Gasteiger partial charge is 0.382 e. The summed E-state index contributed by atoms with van der Waals surface area (Å²) < 4.78 is 32.3. The quantitative estimate of drug-likeness (QED) is 0.498. The van der Waals surface area contributed by atoms with E-state index in [2.05, 4.69) is 17.0 Å². The number of ether oxygens (including phenoxy) is 1. The van der Waals surface area contributed by atoms with Crippen LogP contribution in [0.1, 0.15) is 39.5 Å². The van der Waals surface area contributed by atoms with Gasteiger partial charge in [-0.25, -0.2) is 13.1 Å². The highest BCUT2D eigenvalue weighted by atomic mass is 32.2. The molecule has 1 aliphatic rings. The zero-order valence-corrected chi connectivity index (χ0v) is 18.0. The molecule has 1 aromatic carbocycles. The molecule has 1 atom stereocenters. The highest BCUT2D eigenvalue weighted by molar-refractivity contribution is 7.89. The number of hydrogen-bond acceptors (Lipinski definition) is 5. The van der Waals surface area contributed by atoms with Crippen molar-refractivity contribution in [3.8, 4) is 0 Å². The summed E-state index contributed by atoms with van der Waals surface area (Å²) in [6, 6.07) is 6.01. The Balaban J connectivity index is 1.87. The molecule has 0 unspecified atom stereocenters. The first kappa shape index (κ1) is 23.3. The van der Waals surface area contributed by atoms with E-state index in [9.17, 15) is 18.0 Å². The maximum absolute atomic E-state index is 12.5. The van der Waals surface area contributed by atoms with Gasteiger partial charge in [-0.2, -0.15) is 0 Å². The van der Waals surface area contributed by atoms with Gasteiger partial charge in [-0.05, 0) is 44.0 Å². The third kappa shape index (κ3) is 7.09. The summed E-state index contributed by atoms with van der Waals surface area (Å²) in [4.78, 5) is 26.3. The summed E-state index contributed by atoms with van der Waals surface area (Å²) in [5.41, 5.74) is 0.504. The molecule has 29 heavy (non-hydrogen) atoms. The molecule has 1 aliphatic heterocycles. The fourth-order valence-electron chi connectivity index (χ4n) is 3.08. The minimum Gasteiger partial charge on any atom is -0.382 e. The Morgan fingerprint density at radius 3 is 2.59 bits per heavy atom. The van der Waals surface area contributed by atoms with Crippen molar-refractivity contribution >= 4 is 27.5 Å². The second-order valence-corrected chi connectivity index (χ2v) is 8.82. The van der Waals surface area contributed by atoms with Gasteiger partial charge in [-0.1, -0.05) is 13.3 Å². The first-order valence-electron chi connectivity index (χ1n) is 10.1. The van der Waals surface area contributed by atoms with E-state index in [0.717, 1.165) is 12.8 Å². The van der Waals surface area contributed by atoms with Crippen molar-refractivity contribution in [1.82, 2.24) is 9.62 Å². The van der Waals surface area contributed by atoms with E-state index >= 15 is 0 Å². The van der Waals surface area contributed by atoms with Gasteiger partial charge in [0.05, 0.1) is 10.8 Å². The Morgan fingerprint density at radius 1 is 1.21 bits per heavy atom. The lowest BCUT2D eigenvalue weighted by Crippen LogP contribution is -2.29. The van der Waals surface area contributed by atoms with E-state index in [4.69, 9.17) is 4.74 Å². The van der Waals surface area contributed by atoms with E-state index in [0.29, 0.717) is 45.0 Å². The van der Waals surface area contributed by atoms with Crippen molar-refractivity contribution in [1.29, 1.82) is 0 Å². The maximum atomic E-state index is 12.5. The highest BCUT2D eigenvalue weighted by Gasteiger charge is 2.33. The number of hydrogen-bond donors (Lipinski definition) is 2. The Labute approximate surface area is 173 Å². The van der Waals surface area contributed by atoms with Crippen LogP contribution in [-0.4, -0.2) is 58.0 Å². The van der Waals surface area contributed by atoms with Gasteiger partial charge in [0.25, 0.3) is 0 Å². The molecule has 0 bridgehead atoms. The van der Waals surface area contributed by atoms with Crippen molar-refractivity contribution in [2.45, 2.75) is 44.4 Å². The number of amides is 2. The first-order valence-corrected chi connectivity index (χ1v) is 11.6. The summed E-state index contributed by atoms with van der Waals surface area (Å²) in [6.45, 7) is 6.47. The molecule has 1 aromatic rings. The van der Waals surface area contributed by atoms with Crippen molar-refractivity contribution < 1.29 is 22.7 Å². The average molecular weight is 426 g/mol. The lowest BCUT2D eigenvalue weighted by molar-refractivity contribution is -0.128.